The molecule has 0 radical (unpaired) electrons. The van der Waals surface area contributed by atoms with Crippen LogP contribution in [0.4, 0.5) is 8.78 Å². The molecule has 0 unspecified atom stereocenters. The van der Waals surface area contributed by atoms with Gasteiger partial charge in [0.25, 0.3) is 0 Å². The minimum Gasteiger partial charge on any atom is -0.491 e. The van der Waals surface area contributed by atoms with Crippen LogP contribution in [0.3, 0.4) is 0 Å². The van der Waals surface area contributed by atoms with Gasteiger partial charge in [0.2, 0.25) is 0 Å². The second kappa shape index (κ2) is 3.42. The van der Waals surface area contributed by atoms with Crippen molar-refractivity contribution in [3.05, 3.63) is 27.7 Å². The summed E-state index contributed by atoms with van der Waals surface area (Å²) in [5, 5.41) is 0. The molecule has 2 rings (SSSR count). The van der Waals surface area contributed by atoms with Crippen LogP contribution in [-0.2, 0) is 5.54 Å². The molecule has 0 atom stereocenters. The van der Waals surface area contributed by atoms with Gasteiger partial charge in [0, 0.05) is 11.1 Å². The van der Waals surface area contributed by atoms with Crippen LogP contribution in [0, 0.1) is 11.6 Å². The number of ether oxygens (including phenoxy) is 1. The van der Waals surface area contributed by atoms with E-state index < -0.39 is 17.2 Å². The zero-order valence-electron chi connectivity index (χ0n) is 8.11. The summed E-state index contributed by atoms with van der Waals surface area (Å²) in [5.41, 5.74) is 5.54. The standard InChI is InChI=1S/C10H10BrF2NO/c1-15-9-7(12)5(10(14)2-3-10)4-6(11)8(9)13/h4H,2-3,14H2,1H3. The topological polar surface area (TPSA) is 35.2 Å². The molecule has 1 aliphatic rings. The van der Waals surface area contributed by atoms with Crippen molar-refractivity contribution >= 4 is 15.9 Å². The molecule has 5 heteroatoms. The van der Waals surface area contributed by atoms with Crippen LogP contribution < -0.4 is 10.5 Å². The molecule has 1 aromatic carbocycles. The fourth-order valence-electron chi connectivity index (χ4n) is 1.53. The van der Waals surface area contributed by atoms with Crippen molar-refractivity contribution in [3.8, 4) is 5.75 Å². The monoisotopic (exact) mass is 277 g/mol. The first kappa shape index (κ1) is 10.8. The number of benzene rings is 1. The van der Waals surface area contributed by atoms with Gasteiger partial charge in [-0.1, -0.05) is 0 Å². The highest BCUT2D eigenvalue weighted by molar-refractivity contribution is 9.10. The molecule has 15 heavy (non-hydrogen) atoms. The van der Waals surface area contributed by atoms with Crippen molar-refractivity contribution in [2.75, 3.05) is 7.11 Å². The van der Waals surface area contributed by atoms with Crippen LogP contribution in [0.1, 0.15) is 18.4 Å². The van der Waals surface area contributed by atoms with Crippen LogP contribution in [0.15, 0.2) is 10.5 Å². The fourth-order valence-corrected chi connectivity index (χ4v) is 1.94. The van der Waals surface area contributed by atoms with E-state index in [2.05, 4.69) is 20.7 Å². The minimum absolute atomic E-state index is 0.174. The van der Waals surface area contributed by atoms with Gasteiger partial charge in [-0.25, -0.2) is 8.78 Å². The lowest BCUT2D eigenvalue weighted by Crippen LogP contribution is -2.21. The van der Waals surface area contributed by atoms with Crippen LogP contribution in [0.5, 0.6) is 5.75 Å². The number of methoxy groups -OCH3 is 1. The smallest absolute Gasteiger partial charge is 0.191 e. The van der Waals surface area contributed by atoms with E-state index in [0.29, 0.717) is 18.4 Å². The van der Waals surface area contributed by atoms with Gasteiger partial charge in [0.05, 0.1) is 11.6 Å². The van der Waals surface area contributed by atoms with E-state index in [1.165, 1.54) is 13.2 Å². The minimum atomic E-state index is -0.733. The largest absolute Gasteiger partial charge is 0.491 e. The second-order valence-electron chi connectivity index (χ2n) is 3.72. The van der Waals surface area contributed by atoms with Gasteiger partial charge in [-0.05, 0) is 34.8 Å². The fraction of sp³-hybridized carbons (Fsp3) is 0.400. The summed E-state index contributed by atoms with van der Waals surface area (Å²) in [6, 6.07) is 1.39. The normalized spacial score (nSPS) is 17.7. The number of hydrogen-bond acceptors (Lipinski definition) is 2. The van der Waals surface area contributed by atoms with Crippen molar-refractivity contribution in [1.29, 1.82) is 0 Å². The zero-order chi connectivity index (χ0) is 11.2. The summed E-state index contributed by atoms with van der Waals surface area (Å²) in [7, 11) is 1.23. The Balaban J connectivity index is 2.62. The van der Waals surface area contributed by atoms with E-state index in [9.17, 15) is 8.78 Å². The Morgan fingerprint density at radius 3 is 2.47 bits per heavy atom. The van der Waals surface area contributed by atoms with Gasteiger partial charge in [-0.3, -0.25) is 0 Å². The average molecular weight is 278 g/mol. The van der Waals surface area contributed by atoms with Crippen LogP contribution in [0.2, 0.25) is 0 Å². The van der Waals surface area contributed by atoms with E-state index in [0.717, 1.165) is 0 Å². The molecule has 0 aliphatic heterocycles. The van der Waals surface area contributed by atoms with Gasteiger partial charge < -0.3 is 10.5 Å². The molecule has 2 nitrogen and oxygen atoms in total. The average Bonchev–Trinajstić information content (AvgIpc) is 2.92. The summed E-state index contributed by atoms with van der Waals surface area (Å²) >= 11 is 3.01. The number of hydrogen-bond donors (Lipinski definition) is 1. The third-order valence-electron chi connectivity index (χ3n) is 2.65. The lowest BCUT2D eigenvalue weighted by molar-refractivity contribution is 0.354. The molecule has 0 bridgehead atoms. The van der Waals surface area contributed by atoms with Gasteiger partial charge in [0.15, 0.2) is 17.4 Å². The Morgan fingerprint density at radius 1 is 1.40 bits per heavy atom. The summed E-state index contributed by atoms with van der Waals surface area (Å²) in [6.07, 6.45) is 1.43. The molecule has 0 heterocycles. The van der Waals surface area contributed by atoms with E-state index in [4.69, 9.17) is 5.73 Å². The summed E-state index contributed by atoms with van der Waals surface area (Å²) in [4.78, 5) is 0. The SMILES string of the molecule is COc1c(F)c(Br)cc(C2(N)CC2)c1F. The molecular formula is C10H10BrF2NO. The van der Waals surface area contributed by atoms with Crippen molar-refractivity contribution in [2.45, 2.75) is 18.4 Å². The Kier molecular flexibility index (Phi) is 2.47. The highest BCUT2D eigenvalue weighted by atomic mass is 79.9. The van der Waals surface area contributed by atoms with Gasteiger partial charge >= 0.3 is 0 Å². The van der Waals surface area contributed by atoms with E-state index in [1.807, 2.05) is 0 Å². The maximum Gasteiger partial charge on any atom is 0.191 e. The van der Waals surface area contributed by atoms with Crippen molar-refractivity contribution < 1.29 is 13.5 Å². The third kappa shape index (κ3) is 1.63. The first-order chi connectivity index (χ1) is 6.99. The lowest BCUT2D eigenvalue weighted by atomic mass is 10.0. The molecule has 1 aromatic rings. The quantitative estimate of drug-likeness (QED) is 0.844. The third-order valence-corrected chi connectivity index (χ3v) is 3.22. The van der Waals surface area contributed by atoms with E-state index in [1.54, 1.807) is 0 Å². The summed E-state index contributed by atoms with van der Waals surface area (Å²) < 4.78 is 32.0. The molecule has 1 fully saturated rings. The Bertz CT molecular complexity index is 418. The molecule has 1 saturated carbocycles. The van der Waals surface area contributed by atoms with Crippen molar-refractivity contribution in [3.63, 3.8) is 0 Å². The maximum atomic E-state index is 13.8. The van der Waals surface area contributed by atoms with Gasteiger partial charge in [-0.2, -0.15) is 0 Å². The Hall–Kier alpha value is -0.680. The van der Waals surface area contributed by atoms with E-state index in [-0.39, 0.29) is 10.2 Å². The molecule has 0 amide bonds. The van der Waals surface area contributed by atoms with Crippen LogP contribution in [-0.4, -0.2) is 7.11 Å². The molecule has 1 aliphatic carbocycles. The Labute approximate surface area is 94.5 Å². The molecule has 0 saturated heterocycles. The van der Waals surface area contributed by atoms with E-state index >= 15 is 0 Å². The highest BCUT2D eigenvalue weighted by Crippen LogP contribution is 2.46. The molecule has 0 aromatic heterocycles. The van der Waals surface area contributed by atoms with Gasteiger partial charge in [-0.15, -0.1) is 0 Å². The zero-order valence-corrected chi connectivity index (χ0v) is 9.70. The van der Waals surface area contributed by atoms with Crippen LogP contribution in [0.25, 0.3) is 0 Å². The maximum absolute atomic E-state index is 13.8. The van der Waals surface area contributed by atoms with Crippen molar-refractivity contribution in [2.24, 2.45) is 5.73 Å². The summed E-state index contributed by atoms with van der Waals surface area (Å²) in [6.45, 7) is 0. The predicted octanol–water partition coefficient (Wildman–Crippen LogP) is 2.68. The molecule has 82 valence electrons. The Morgan fingerprint density at radius 2 is 2.00 bits per heavy atom. The number of nitrogens with two attached hydrogens (primary N) is 1. The van der Waals surface area contributed by atoms with Gasteiger partial charge in [0.1, 0.15) is 0 Å². The molecule has 0 spiro atoms. The molecule has 2 N–H and O–H groups in total. The second-order valence-corrected chi connectivity index (χ2v) is 4.58. The lowest BCUT2D eigenvalue weighted by Gasteiger charge is -2.14. The number of rotatable bonds is 2. The first-order valence-corrected chi connectivity index (χ1v) is 5.30. The predicted molar refractivity (Wildman–Crippen MR) is 55.7 cm³/mol. The summed E-state index contributed by atoms with van der Waals surface area (Å²) in [5.74, 6) is -1.81. The van der Waals surface area contributed by atoms with Crippen LogP contribution >= 0.6 is 15.9 Å². The highest BCUT2D eigenvalue weighted by Gasteiger charge is 2.43. The number of halogens is 3. The van der Waals surface area contributed by atoms with Crippen molar-refractivity contribution in [1.82, 2.24) is 0 Å². The molecular weight excluding hydrogens is 268 g/mol. The first-order valence-electron chi connectivity index (χ1n) is 4.50.